The highest BCUT2D eigenvalue weighted by atomic mass is 16.6. The molecule has 29 heavy (non-hydrogen) atoms. The van der Waals surface area contributed by atoms with Gasteiger partial charge >= 0.3 is 6.09 Å². The average Bonchev–Trinajstić information content (AvgIpc) is 2.71. The number of hydrogen-bond donors (Lipinski definition) is 3. The van der Waals surface area contributed by atoms with Crippen LogP contribution < -0.4 is 10.1 Å². The predicted molar refractivity (Wildman–Crippen MR) is 109 cm³/mol. The zero-order valence-electron chi connectivity index (χ0n) is 16.6. The first kappa shape index (κ1) is 22.2. The zero-order valence-corrected chi connectivity index (χ0v) is 16.6. The summed E-state index contributed by atoms with van der Waals surface area (Å²) >= 11 is 0. The summed E-state index contributed by atoms with van der Waals surface area (Å²) < 4.78 is 11.2. The van der Waals surface area contributed by atoms with E-state index in [9.17, 15) is 9.90 Å². The number of carbonyl (C=O) groups is 1. The summed E-state index contributed by atoms with van der Waals surface area (Å²) in [6, 6.07) is 15.6. The van der Waals surface area contributed by atoms with Crippen LogP contribution in [0.25, 0.3) is 0 Å². The first-order chi connectivity index (χ1) is 13.9. The normalized spacial score (nSPS) is 12.0. The number of hydrogen-bond acceptors (Lipinski definition) is 6. The van der Waals surface area contributed by atoms with Crippen molar-refractivity contribution in [3.63, 3.8) is 0 Å². The third kappa shape index (κ3) is 6.49. The van der Waals surface area contributed by atoms with E-state index in [4.69, 9.17) is 19.8 Å². The molecule has 3 N–H and O–H groups in total. The first-order valence-corrected chi connectivity index (χ1v) is 9.32. The molecule has 0 bridgehead atoms. The van der Waals surface area contributed by atoms with Crippen molar-refractivity contribution in [2.45, 2.75) is 26.4 Å². The summed E-state index contributed by atoms with van der Waals surface area (Å²) in [5.74, 6) is 0.553. The van der Waals surface area contributed by atoms with E-state index in [-0.39, 0.29) is 19.8 Å². The van der Waals surface area contributed by atoms with Crippen molar-refractivity contribution in [3.8, 4) is 11.8 Å². The third-order valence-electron chi connectivity index (χ3n) is 4.47. The summed E-state index contributed by atoms with van der Waals surface area (Å²) in [7, 11) is 0. The van der Waals surface area contributed by atoms with E-state index in [0.717, 1.165) is 0 Å². The molecule has 7 heteroatoms. The maximum Gasteiger partial charge on any atom is 0.412 e. The highest BCUT2D eigenvalue weighted by molar-refractivity contribution is 5.84. The average molecular weight is 398 g/mol. The highest BCUT2D eigenvalue weighted by Gasteiger charge is 2.34. The Labute approximate surface area is 170 Å². The van der Waals surface area contributed by atoms with Crippen molar-refractivity contribution in [3.05, 3.63) is 59.7 Å². The molecule has 0 aromatic heterocycles. The van der Waals surface area contributed by atoms with Crippen molar-refractivity contribution < 1.29 is 24.5 Å². The summed E-state index contributed by atoms with van der Waals surface area (Å²) in [4.78, 5) is 12.5. The molecule has 0 heterocycles. The van der Waals surface area contributed by atoms with Gasteiger partial charge in [-0.05, 0) is 48.4 Å². The Hall–Kier alpha value is -3.08. The Morgan fingerprint density at radius 2 is 1.90 bits per heavy atom. The van der Waals surface area contributed by atoms with Gasteiger partial charge in [-0.1, -0.05) is 26.0 Å². The monoisotopic (exact) mass is 398 g/mol. The number of benzene rings is 2. The molecule has 0 saturated heterocycles. The minimum atomic E-state index is -0.647. The van der Waals surface area contributed by atoms with Gasteiger partial charge in [0.2, 0.25) is 0 Å². The van der Waals surface area contributed by atoms with Crippen molar-refractivity contribution >= 4 is 11.8 Å². The molecule has 0 aliphatic carbocycles. The van der Waals surface area contributed by atoms with Crippen molar-refractivity contribution in [2.24, 2.45) is 5.41 Å². The van der Waals surface area contributed by atoms with Crippen LogP contribution in [0.3, 0.4) is 0 Å². The van der Waals surface area contributed by atoms with Crippen molar-refractivity contribution in [2.75, 3.05) is 25.1 Å². The topological polar surface area (TPSA) is 112 Å². The second-order valence-electron chi connectivity index (χ2n) is 7.21. The predicted octanol–water partition coefficient (Wildman–Crippen LogP) is 3.63. The van der Waals surface area contributed by atoms with Gasteiger partial charge in [0.25, 0.3) is 0 Å². The quantitative estimate of drug-likeness (QED) is 0.595. The summed E-state index contributed by atoms with van der Waals surface area (Å²) in [6.45, 7) is 3.82. The molecule has 154 valence electrons. The number of nitrogens with zero attached hydrogens (tertiary/aromatic N) is 1. The van der Waals surface area contributed by atoms with Gasteiger partial charge in [0.05, 0.1) is 18.2 Å². The van der Waals surface area contributed by atoms with Gasteiger partial charge in [0.15, 0.2) is 0 Å². The summed E-state index contributed by atoms with van der Waals surface area (Å²) in [5.41, 5.74) is 1.17. The number of nitrogens with one attached hydrogen (secondary N) is 1. The molecule has 2 rings (SSSR count). The van der Waals surface area contributed by atoms with Crippen LogP contribution in [-0.4, -0.2) is 36.1 Å². The Bertz CT molecular complexity index is 843. The molecular weight excluding hydrogens is 372 g/mol. The lowest BCUT2D eigenvalue weighted by Crippen LogP contribution is -2.29. The van der Waals surface area contributed by atoms with Crippen molar-refractivity contribution in [1.82, 2.24) is 0 Å². The van der Waals surface area contributed by atoms with Crippen molar-refractivity contribution in [1.29, 1.82) is 5.26 Å². The Kier molecular flexibility index (Phi) is 8.01. The van der Waals surface area contributed by atoms with Crippen LogP contribution in [0.1, 0.15) is 37.5 Å². The lowest BCUT2D eigenvalue weighted by molar-refractivity contribution is 0.0150. The van der Waals surface area contributed by atoms with Gasteiger partial charge in [-0.15, -0.1) is 0 Å². The molecule has 0 saturated carbocycles. The summed E-state index contributed by atoms with van der Waals surface area (Å²) in [6.07, 6.45) is -0.873. The molecule has 1 atom stereocenters. The molecule has 0 aliphatic heterocycles. The van der Waals surface area contributed by atoms with E-state index < -0.39 is 17.6 Å². The highest BCUT2D eigenvalue weighted by Crippen LogP contribution is 2.40. The maximum absolute atomic E-state index is 12.5. The molecule has 0 radical (unpaired) electrons. The molecule has 0 spiro atoms. The minimum absolute atomic E-state index is 0.0508. The van der Waals surface area contributed by atoms with Crippen LogP contribution in [0.2, 0.25) is 0 Å². The molecule has 7 nitrogen and oxygen atoms in total. The first-order valence-electron chi connectivity index (χ1n) is 9.32. The fourth-order valence-electron chi connectivity index (χ4n) is 2.91. The second kappa shape index (κ2) is 10.5. The van der Waals surface area contributed by atoms with Gasteiger partial charge in [-0.25, -0.2) is 4.79 Å². The second-order valence-corrected chi connectivity index (χ2v) is 7.21. The van der Waals surface area contributed by atoms with E-state index in [1.807, 2.05) is 26.0 Å². The molecule has 0 unspecified atom stereocenters. The lowest BCUT2D eigenvalue weighted by atomic mass is 9.80. The zero-order chi connectivity index (χ0) is 21.3. The molecular formula is C22H26N2O5. The van der Waals surface area contributed by atoms with Crippen LogP contribution in [0.15, 0.2) is 48.5 Å². The standard InChI is InChI=1S/C22H26N2O5/c1-22(2,10-11-25)20(17-4-3-5-19(14-17)28-13-12-26)29-21(27)24-18-8-6-16(15-23)7-9-18/h3-9,14,20,25-26H,10-13H2,1-2H3,(H,24,27)/t20-/m1/s1. The Morgan fingerprint density at radius 3 is 2.52 bits per heavy atom. The lowest BCUT2D eigenvalue weighted by Gasteiger charge is -2.34. The van der Waals surface area contributed by atoms with Crippen LogP contribution in [0.4, 0.5) is 10.5 Å². The number of ether oxygens (including phenoxy) is 2. The van der Waals surface area contributed by atoms with Crippen LogP contribution >= 0.6 is 0 Å². The van der Waals surface area contributed by atoms with Gasteiger partial charge in [0.1, 0.15) is 18.5 Å². The molecule has 2 aromatic rings. The summed E-state index contributed by atoms with van der Waals surface area (Å²) in [5, 5.41) is 29.9. The van der Waals surface area contributed by atoms with Gasteiger partial charge in [-0.3, -0.25) is 5.32 Å². The third-order valence-corrected chi connectivity index (χ3v) is 4.47. The van der Waals surface area contributed by atoms with E-state index in [1.165, 1.54) is 0 Å². The van der Waals surface area contributed by atoms with E-state index in [2.05, 4.69) is 5.32 Å². The largest absolute Gasteiger partial charge is 0.491 e. The SMILES string of the molecule is CC(C)(CCO)[C@H](OC(=O)Nc1ccc(C#N)cc1)c1cccc(OCCO)c1. The van der Waals surface area contributed by atoms with Gasteiger partial charge in [0, 0.05) is 17.7 Å². The van der Waals surface area contributed by atoms with E-state index in [0.29, 0.717) is 29.0 Å². The minimum Gasteiger partial charge on any atom is -0.491 e. The maximum atomic E-state index is 12.5. The van der Waals surface area contributed by atoms with Crippen LogP contribution in [0.5, 0.6) is 5.75 Å². The molecule has 0 fully saturated rings. The fourth-order valence-corrected chi connectivity index (χ4v) is 2.91. The number of anilines is 1. The molecule has 1 amide bonds. The Morgan fingerprint density at radius 1 is 1.17 bits per heavy atom. The number of amides is 1. The number of nitriles is 1. The smallest absolute Gasteiger partial charge is 0.412 e. The number of carbonyl (C=O) groups excluding carboxylic acids is 1. The van der Waals surface area contributed by atoms with Crippen LogP contribution in [-0.2, 0) is 4.74 Å². The number of aliphatic hydroxyl groups excluding tert-OH is 2. The van der Waals surface area contributed by atoms with E-state index >= 15 is 0 Å². The number of aliphatic hydroxyl groups is 2. The van der Waals surface area contributed by atoms with Gasteiger partial charge < -0.3 is 19.7 Å². The Balaban J connectivity index is 2.21. The van der Waals surface area contributed by atoms with E-state index in [1.54, 1.807) is 42.5 Å². The molecule has 2 aromatic carbocycles. The fraction of sp³-hybridized carbons (Fsp3) is 0.364. The number of rotatable bonds is 9. The van der Waals surface area contributed by atoms with Crippen LogP contribution in [0, 0.1) is 16.7 Å². The van der Waals surface area contributed by atoms with Gasteiger partial charge in [-0.2, -0.15) is 5.26 Å². The molecule has 0 aliphatic rings.